The Labute approximate surface area is 117 Å². The molecule has 0 N–H and O–H groups in total. The van der Waals surface area contributed by atoms with Crippen LogP contribution in [-0.2, 0) is 16.6 Å². The molecular formula is C17H27NO. The van der Waals surface area contributed by atoms with Crippen molar-refractivity contribution < 1.29 is 4.74 Å². The second-order valence-electron chi connectivity index (χ2n) is 6.46. The average molecular weight is 261 g/mol. The van der Waals surface area contributed by atoms with Gasteiger partial charge in [0.15, 0.2) is 0 Å². The van der Waals surface area contributed by atoms with Crippen LogP contribution in [0.5, 0.6) is 0 Å². The van der Waals surface area contributed by atoms with Gasteiger partial charge >= 0.3 is 0 Å². The van der Waals surface area contributed by atoms with Gasteiger partial charge in [-0.05, 0) is 35.9 Å². The quantitative estimate of drug-likeness (QED) is 0.825. The molecule has 0 unspecified atom stereocenters. The third-order valence-electron chi connectivity index (χ3n) is 3.85. The van der Waals surface area contributed by atoms with Crippen LogP contribution in [0, 0.1) is 0 Å². The molecule has 1 aliphatic rings. The van der Waals surface area contributed by atoms with Gasteiger partial charge in [-0.1, -0.05) is 45.0 Å². The summed E-state index contributed by atoms with van der Waals surface area (Å²) in [6, 6.07) is 8.90. The molecule has 0 saturated carbocycles. The van der Waals surface area contributed by atoms with Crippen LogP contribution in [0.3, 0.4) is 0 Å². The monoisotopic (exact) mass is 261 g/mol. The van der Waals surface area contributed by atoms with Gasteiger partial charge in [0.05, 0.1) is 13.2 Å². The van der Waals surface area contributed by atoms with Crippen molar-refractivity contribution in [3.8, 4) is 0 Å². The fraction of sp³-hybridized carbons (Fsp3) is 0.647. The highest BCUT2D eigenvalue weighted by atomic mass is 16.5. The smallest absolute Gasteiger partial charge is 0.0594 e. The molecule has 2 nitrogen and oxygen atoms in total. The summed E-state index contributed by atoms with van der Waals surface area (Å²) in [5, 5.41) is 0. The minimum Gasteiger partial charge on any atom is -0.379 e. The number of benzene rings is 1. The first-order chi connectivity index (χ1) is 9.07. The van der Waals surface area contributed by atoms with Gasteiger partial charge in [0.2, 0.25) is 0 Å². The lowest BCUT2D eigenvalue weighted by molar-refractivity contribution is 0.0374. The van der Waals surface area contributed by atoms with E-state index in [1.807, 2.05) is 0 Å². The second-order valence-corrected chi connectivity index (χ2v) is 6.46. The van der Waals surface area contributed by atoms with Crippen molar-refractivity contribution >= 4 is 0 Å². The Morgan fingerprint density at radius 2 is 1.79 bits per heavy atom. The summed E-state index contributed by atoms with van der Waals surface area (Å²) in [4.78, 5) is 2.52. The standard InChI is InChI=1S/C17H27NO/c1-17(2,3)16-9-5-4-7-15(16)8-6-10-18-11-13-19-14-12-18/h4-5,7,9H,6,8,10-14H2,1-3H3. The topological polar surface area (TPSA) is 12.5 Å². The zero-order chi connectivity index (χ0) is 13.7. The van der Waals surface area contributed by atoms with Crippen LogP contribution in [-0.4, -0.2) is 37.7 Å². The Kier molecular flexibility index (Phi) is 5.00. The SMILES string of the molecule is CC(C)(C)c1ccccc1CCCN1CCOCC1. The van der Waals surface area contributed by atoms with Crippen molar-refractivity contribution in [1.29, 1.82) is 0 Å². The van der Waals surface area contributed by atoms with Crippen LogP contribution in [0.15, 0.2) is 24.3 Å². The third kappa shape index (κ3) is 4.32. The van der Waals surface area contributed by atoms with Gasteiger partial charge in [-0.15, -0.1) is 0 Å². The molecular weight excluding hydrogens is 234 g/mol. The lowest BCUT2D eigenvalue weighted by Crippen LogP contribution is -2.37. The van der Waals surface area contributed by atoms with E-state index in [-0.39, 0.29) is 5.41 Å². The highest BCUT2D eigenvalue weighted by Gasteiger charge is 2.17. The van der Waals surface area contributed by atoms with Gasteiger partial charge in [-0.25, -0.2) is 0 Å². The van der Waals surface area contributed by atoms with Crippen LogP contribution < -0.4 is 0 Å². The van der Waals surface area contributed by atoms with Crippen LogP contribution >= 0.6 is 0 Å². The van der Waals surface area contributed by atoms with Crippen molar-refractivity contribution in [3.05, 3.63) is 35.4 Å². The Balaban J connectivity index is 1.88. The number of morpholine rings is 1. The fourth-order valence-electron chi connectivity index (χ4n) is 2.79. The van der Waals surface area contributed by atoms with Crippen molar-refractivity contribution in [2.24, 2.45) is 0 Å². The van der Waals surface area contributed by atoms with E-state index < -0.39 is 0 Å². The molecule has 2 heteroatoms. The van der Waals surface area contributed by atoms with E-state index in [0.717, 1.165) is 26.3 Å². The van der Waals surface area contributed by atoms with Crippen molar-refractivity contribution in [2.75, 3.05) is 32.8 Å². The molecule has 0 atom stereocenters. The molecule has 0 aromatic heterocycles. The maximum atomic E-state index is 5.39. The molecule has 0 amide bonds. The normalized spacial score (nSPS) is 17.6. The first-order valence-corrected chi connectivity index (χ1v) is 7.46. The van der Waals surface area contributed by atoms with Crippen LogP contribution in [0.2, 0.25) is 0 Å². The summed E-state index contributed by atoms with van der Waals surface area (Å²) in [6.07, 6.45) is 2.43. The minimum absolute atomic E-state index is 0.246. The van der Waals surface area contributed by atoms with Gasteiger partial charge in [0, 0.05) is 13.1 Å². The Bertz CT molecular complexity index is 388. The van der Waals surface area contributed by atoms with Gasteiger partial charge in [-0.3, -0.25) is 4.90 Å². The predicted molar refractivity (Wildman–Crippen MR) is 80.7 cm³/mol. The molecule has 0 aliphatic carbocycles. The first kappa shape index (κ1) is 14.5. The van der Waals surface area contributed by atoms with E-state index >= 15 is 0 Å². The van der Waals surface area contributed by atoms with E-state index in [4.69, 9.17) is 4.74 Å². The Morgan fingerprint density at radius 3 is 2.47 bits per heavy atom. The highest BCUT2D eigenvalue weighted by Crippen LogP contribution is 2.26. The summed E-state index contributed by atoms with van der Waals surface area (Å²) in [6.45, 7) is 12.1. The van der Waals surface area contributed by atoms with E-state index in [2.05, 4.69) is 49.9 Å². The summed E-state index contributed by atoms with van der Waals surface area (Å²) < 4.78 is 5.39. The lowest BCUT2D eigenvalue weighted by Gasteiger charge is -2.27. The maximum Gasteiger partial charge on any atom is 0.0594 e. The van der Waals surface area contributed by atoms with Crippen molar-refractivity contribution in [3.63, 3.8) is 0 Å². The lowest BCUT2D eigenvalue weighted by atomic mass is 9.82. The number of nitrogens with zero attached hydrogens (tertiary/aromatic N) is 1. The van der Waals surface area contributed by atoms with E-state index in [9.17, 15) is 0 Å². The predicted octanol–water partition coefficient (Wildman–Crippen LogP) is 3.25. The molecule has 2 rings (SSSR count). The Hall–Kier alpha value is -0.860. The molecule has 1 aromatic rings. The largest absolute Gasteiger partial charge is 0.379 e. The molecule has 1 fully saturated rings. The van der Waals surface area contributed by atoms with E-state index in [0.29, 0.717) is 0 Å². The average Bonchev–Trinajstić information content (AvgIpc) is 2.39. The highest BCUT2D eigenvalue weighted by molar-refractivity contribution is 5.32. The summed E-state index contributed by atoms with van der Waals surface area (Å²) in [5.74, 6) is 0. The molecule has 1 aromatic carbocycles. The number of hydrogen-bond acceptors (Lipinski definition) is 2. The van der Waals surface area contributed by atoms with Crippen LogP contribution in [0.4, 0.5) is 0 Å². The summed E-state index contributed by atoms with van der Waals surface area (Å²) in [5.41, 5.74) is 3.26. The van der Waals surface area contributed by atoms with Gasteiger partial charge in [0.1, 0.15) is 0 Å². The second kappa shape index (κ2) is 6.53. The third-order valence-corrected chi connectivity index (χ3v) is 3.85. The van der Waals surface area contributed by atoms with Crippen molar-refractivity contribution in [1.82, 2.24) is 4.90 Å². The molecule has 0 spiro atoms. The maximum absolute atomic E-state index is 5.39. The molecule has 19 heavy (non-hydrogen) atoms. The summed E-state index contributed by atoms with van der Waals surface area (Å²) >= 11 is 0. The Morgan fingerprint density at radius 1 is 1.11 bits per heavy atom. The molecule has 1 heterocycles. The fourth-order valence-corrected chi connectivity index (χ4v) is 2.79. The van der Waals surface area contributed by atoms with E-state index in [1.54, 1.807) is 0 Å². The molecule has 106 valence electrons. The molecule has 1 aliphatic heterocycles. The molecule has 1 saturated heterocycles. The zero-order valence-electron chi connectivity index (χ0n) is 12.6. The number of hydrogen-bond donors (Lipinski definition) is 0. The minimum atomic E-state index is 0.246. The van der Waals surface area contributed by atoms with E-state index in [1.165, 1.54) is 30.5 Å². The van der Waals surface area contributed by atoms with Gasteiger partial charge < -0.3 is 4.74 Å². The molecule has 0 radical (unpaired) electrons. The zero-order valence-corrected chi connectivity index (χ0v) is 12.6. The molecule has 0 bridgehead atoms. The summed E-state index contributed by atoms with van der Waals surface area (Å²) in [7, 11) is 0. The van der Waals surface area contributed by atoms with Crippen molar-refractivity contribution in [2.45, 2.75) is 39.0 Å². The first-order valence-electron chi connectivity index (χ1n) is 7.46. The van der Waals surface area contributed by atoms with Crippen LogP contribution in [0.1, 0.15) is 38.3 Å². The van der Waals surface area contributed by atoms with Crippen LogP contribution in [0.25, 0.3) is 0 Å². The number of aryl methyl sites for hydroxylation is 1. The van der Waals surface area contributed by atoms with Gasteiger partial charge in [-0.2, -0.15) is 0 Å². The number of rotatable bonds is 4. The van der Waals surface area contributed by atoms with Gasteiger partial charge in [0.25, 0.3) is 0 Å². The number of ether oxygens (including phenoxy) is 1.